The largest absolute Gasteiger partial charge is 0.481 e. The van der Waals surface area contributed by atoms with Crippen LogP contribution in [0.15, 0.2) is 47.4 Å². The molecule has 5 nitrogen and oxygen atoms in total. The zero-order valence-electron chi connectivity index (χ0n) is 15.5. The monoisotopic (exact) mass is 409 g/mol. The second kappa shape index (κ2) is 7.25. The highest BCUT2D eigenvalue weighted by Crippen LogP contribution is 2.40. The third kappa shape index (κ3) is 3.42. The summed E-state index contributed by atoms with van der Waals surface area (Å²) in [4.78, 5) is 12.2. The Hall–Kier alpha value is -2.32. The molecule has 0 aliphatic carbocycles. The third-order valence-corrected chi connectivity index (χ3v) is 7.43. The minimum absolute atomic E-state index is 0.0389. The van der Waals surface area contributed by atoms with Crippen molar-refractivity contribution in [3.05, 3.63) is 65.2 Å². The third-order valence-electron chi connectivity index (χ3n) is 5.40. The molecular weight excluding hydrogens is 388 g/mol. The van der Waals surface area contributed by atoms with Crippen LogP contribution in [0.4, 0.5) is 8.78 Å². The van der Waals surface area contributed by atoms with Crippen molar-refractivity contribution in [1.29, 1.82) is 0 Å². The number of carbonyl (C=O) groups is 1. The number of benzene rings is 2. The fourth-order valence-electron chi connectivity index (χ4n) is 3.81. The Morgan fingerprint density at radius 2 is 1.79 bits per heavy atom. The van der Waals surface area contributed by atoms with Gasteiger partial charge in [-0.1, -0.05) is 23.8 Å². The van der Waals surface area contributed by atoms with Gasteiger partial charge in [-0.2, -0.15) is 4.31 Å². The number of aryl methyl sites for hydroxylation is 1. The number of sulfonamides is 1. The number of hydrogen-bond donors (Lipinski definition) is 1. The van der Waals surface area contributed by atoms with E-state index in [9.17, 15) is 27.1 Å². The van der Waals surface area contributed by atoms with Gasteiger partial charge in [0.25, 0.3) is 0 Å². The van der Waals surface area contributed by atoms with E-state index in [0.29, 0.717) is 0 Å². The van der Waals surface area contributed by atoms with Crippen LogP contribution < -0.4 is 0 Å². The van der Waals surface area contributed by atoms with Gasteiger partial charge in [0.1, 0.15) is 0 Å². The number of halogens is 2. The molecule has 0 radical (unpaired) electrons. The summed E-state index contributed by atoms with van der Waals surface area (Å²) in [5.74, 6) is -3.37. The molecule has 2 aromatic carbocycles. The summed E-state index contributed by atoms with van der Waals surface area (Å²) in [5.41, 5.74) is -0.417. The van der Waals surface area contributed by atoms with Crippen molar-refractivity contribution in [3.63, 3.8) is 0 Å². The summed E-state index contributed by atoms with van der Waals surface area (Å²) < 4.78 is 54.3. The predicted molar refractivity (Wildman–Crippen MR) is 99.4 cm³/mol. The zero-order valence-corrected chi connectivity index (χ0v) is 16.3. The molecule has 150 valence electrons. The van der Waals surface area contributed by atoms with Crippen molar-refractivity contribution in [3.8, 4) is 0 Å². The van der Waals surface area contributed by atoms with Gasteiger partial charge in [-0.05, 0) is 56.5 Å². The second-order valence-electron chi connectivity index (χ2n) is 7.25. The molecule has 1 N–H and O–H groups in total. The molecule has 2 aromatic rings. The number of aliphatic carboxylic acids is 1. The number of piperidine rings is 1. The van der Waals surface area contributed by atoms with Crippen LogP contribution in [0.1, 0.15) is 30.9 Å². The topological polar surface area (TPSA) is 74.7 Å². The van der Waals surface area contributed by atoms with Gasteiger partial charge in [0, 0.05) is 12.6 Å². The molecule has 0 unspecified atom stereocenters. The van der Waals surface area contributed by atoms with Crippen LogP contribution in [-0.2, 0) is 20.2 Å². The molecule has 28 heavy (non-hydrogen) atoms. The normalized spacial score (nSPS) is 23.5. The first kappa shape index (κ1) is 20.4. The van der Waals surface area contributed by atoms with Crippen LogP contribution in [-0.4, -0.2) is 36.4 Å². The maximum Gasteiger partial charge on any atom is 0.314 e. The number of rotatable bonds is 4. The Balaban J connectivity index is 1.95. The minimum atomic E-state index is -3.79. The zero-order chi connectivity index (χ0) is 20.7. The smallest absolute Gasteiger partial charge is 0.314 e. The van der Waals surface area contributed by atoms with Crippen molar-refractivity contribution in [1.82, 2.24) is 4.31 Å². The van der Waals surface area contributed by atoms with E-state index in [1.165, 1.54) is 22.5 Å². The molecule has 8 heteroatoms. The van der Waals surface area contributed by atoms with Gasteiger partial charge in [-0.3, -0.25) is 4.79 Å². The number of carboxylic acids is 1. The highest BCUT2D eigenvalue weighted by atomic mass is 32.2. The maximum absolute atomic E-state index is 13.7. The van der Waals surface area contributed by atoms with Crippen LogP contribution in [0.2, 0.25) is 0 Å². The molecule has 1 aliphatic rings. The molecule has 1 fully saturated rings. The van der Waals surface area contributed by atoms with Crippen molar-refractivity contribution in [2.45, 2.75) is 43.0 Å². The van der Waals surface area contributed by atoms with Gasteiger partial charge in [0.15, 0.2) is 11.6 Å². The molecule has 0 spiro atoms. The number of hydrogen-bond acceptors (Lipinski definition) is 3. The number of carboxylic acid groups (broad SMARTS) is 1. The Kier molecular flexibility index (Phi) is 5.29. The van der Waals surface area contributed by atoms with Gasteiger partial charge < -0.3 is 5.11 Å². The van der Waals surface area contributed by atoms with Crippen LogP contribution in [0.5, 0.6) is 0 Å². The van der Waals surface area contributed by atoms with E-state index in [0.717, 1.165) is 17.7 Å². The standard InChI is InChI=1S/C20H21F2NO4S/c1-13-3-6-16(7-4-13)28(26,27)23-10-9-20(19(24)25,12-14(23)2)15-5-8-17(21)18(22)11-15/h3-8,11,14H,9-10,12H2,1-2H3,(H,24,25)/t14-,20-/m0/s1. The minimum Gasteiger partial charge on any atom is -0.481 e. The first-order valence-electron chi connectivity index (χ1n) is 8.85. The molecule has 2 atom stereocenters. The van der Waals surface area contributed by atoms with Crippen LogP contribution in [0.25, 0.3) is 0 Å². The second-order valence-corrected chi connectivity index (χ2v) is 9.14. The van der Waals surface area contributed by atoms with Crippen LogP contribution >= 0.6 is 0 Å². The van der Waals surface area contributed by atoms with Crippen molar-refractivity contribution in [2.75, 3.05) is 6.54 Å². The molecule has 1 aliphatic heterocycles. The first-order chi connectivity index (χ1) is 13.1. The fraction of sp³-hybridized carbons (Fsp3) is 0.350. The molecular formula is C20H21F2NO4S. The van der Waals surface area contributed by atoms with Gasteiger partial charge >= 0.3 is 5.97 Å². The van der Waals surface area contributed by atoms with Gasteiger partial charge in [-0.15, -0.1) is 0 Å². The first-order valence-corrected chi connectivity index (χ1v) is 10.3. The fourth-order valence-corrected chi connectivity index (χ4v) is 5.44. The summed E-state index contributed by atoms with van der Waals surface area (Å²) in [7, 11) is -3.79. The van der Waals surface area contributed by atoms with Gasteiger partial charge in [-0.25, -0.2) is 17.2 Å². The van der Waals surface area contributed by atoms with E-state index in [1.54, 1.807) is 19.1 Å². The van der Waals surface area contributed by atoms with E-state index >= 15 is 0 Å². The van der Waals surface area contributed by atoms with Gasteiger partial charge in [0.05, 0.1) is 10.3 Å². The lowest BCUT2D eigenvalue weighted by molar-refractivity contribution is -0.146. The van der Waals surface area contributed by atoms with Crippen molar-refractivity contribution < 1.29 is 27.1 Å². The highest BCUT2D eigenvalue weighted by Gasteiger charge is 2.48. The van der Waals surface area contributed by atoms with E-state index in [1.807, 2.05) is 6.92 Å². The summed E-state index contributed by atoms with van der Waals surface area (Å²) in [6, 6.07) is 8.84. The lowest BCUT2D eigenvalue weighted by Crippen LogP contribution is -2.53. The van der Waals surface area contributed by atoms with Crippen molar-refractivity contribution in [2.24, 2.45) is 0 Å². The van der Waals surface area contributed by atoms with E-state index in [2.05, 4.69) is 0 Å². The average molecular weight is 409 g/mol. The van der Waals surface area contributed by atoms with E-state index in [-0.39, 0.29) is 29.8 Å². The molecule has 1 saturated heterocycles. The SMILES string of the molecule is Cc1ccc(S(=O)(=O)N2CC[C@@](C(=O)O)(c3ccc(F)c(F)c3)C[C@@H]2C)cc1. The van der Waals surface area contributed by atoms with Crippen molar-refractivity contribution >= 4 is 16.0 Å². The Bertz CT molecular complexity index is 1010. The maximum atomic E-state index is 13.7. The molecule has 0 saturated carbocycles. The summed E-state index contributed by atoms with van der Waals surface area (Å²) in [6.07, 6.45) is -0.0820. The molecule has 1 heterocycles. The Morgan fingerprint density at radius 1 is 1.14 bits per heavy atom. The molecule has 0 bridgehead atoms. The predicted octanol–water partition coefficient (Wildman–Crippen LogP) is 3.47. The van der Waals surface area contributed by atoms with Crippen LogP contribution in [0.3, 0.4) is 0 Å². The lowest BCUT2D eigenvalue weighted by Gasteiger charge is -2.42. The van der Waals surface area contributed by atoms with E-state index in [4.69, 9.17) is 0 Å². The quantitative estimate of drug-likeness (QED) is 0.839. The molecule has 3 rings (SSSR count). The van der Waals surface area contributed by atoms with Crippen LogP contribution in [0, 0.1) is 18.6 Å². The average Bonchev–Trinajstić information content (AvgIpc) is 2.63. The lowest BCUT2D eigenvalue weighted by atomic mass is 9.71. The van der Waals surface area contributed by atoms with E-state index < -0.39 is 39.1 Å². The molecule has 0 amide bonds. The summed E-state index contributed by atoms with van der Waals surface area (Å²) in [6.45, 7) is 3.44. The summed E-state index contributed by atoms with van der Waals surface area (Å²) in [5, 5.41) is 9.87. The van der Waals surface area contributed by atoms with Gasteiger partial charge in [0.2, 0.25) is 10.0 Å². The molecule has 0 aromatic heterocycles. The summed E-state index contributed by atoms with van der Waals surface area (Å²) >= 11 is 0. The Labute approximate surface area is 162 Å². The highest BCUT2D eigenvalue weighted by molar-refractivity contribution is 7.89. The Morgan fingerprint density at radius 3 is 2.32 bits per heavy atom. The number of nitrogens with zero attached hydrogens (tertiary/aromatic N) is 1.